The maximum Gasteiger partial charge on any atom is 0.243 e. The summed E-state index contributed by atoms with van der Waals surface area (Å²) in [6.07, 6.45) is 0.807. The summed E-state index contributed by atoms with van der Waals surface area (Å²) < 4.78 is 27.4. The average molecular weight is 330 g/mol. The van der Waals surface area contributed by atoms with Gasteiger partial charge in [0, 0.05) is 13.1 Å². The monoisotopic (exact) mass is 330 g/mol. The summed E-state index contributed by atoms with van der Waals surface area (Å²) in [5.74, 6) is 0. The fourth-order valence-electron chi connectivity index (χ4n) is 2.97. The van der Waals surface area contributed by atoms with E-state index in [4.69, 9.17) is 5.73 Å². The minimum atomic E-state index is -3.47. The molecule has 1 unspecified atom stereocenters. The van der Waals surface area contributed by atoms with Gasteiger partial charge < -0.3 is 5.73 Å². The molecule has 1 aliphatic heterocycles. The van der Waals surface area contributed by atoms with E-state index in [0.717, 1.165) is 17.5 Å². The Hall–Kier alpha value is -1.69. The number of nitrogens with two attached hydrogens (primary N) is 1. The zero-order chi connectivity index (χ0) is 16.5. The summed E-state index contributed by atoms with van der Waals surface area (Å²) in [4.78, 5) is 0.347. The number of hydrogen-bond acceptors (Lipinski definition) is 3. The van der Waals surface area contributed by atoms with Crippen molar-refractivity contribution in [3.63, 3.8) is 0 Å². The average Bonchev–Trinajstić information content (AvgIpc) is 3.00. The molecular formula is C18H22N2O2S. The standard InChI is InChI=1S/C18H22N2O2S/c1-18(13-19)10-11-20(14-18)23(21,22)17-9-5-8-16(12-17)15-6-3-2-4-7-15/h2-9,12H,10-11,13-14,19H2,1H3. The van der Waals surface area contributed by atoms with Crippen LogP contribution >= 0.6 is 0 Å². The minimum Gasteiger partial charge on any atom is -0.330 e. The third-order valence-electron chi connectivity index (χ3n) is 4.59. The molecule has 0 bridgehead atoms. The van der Waals surface area contributed by atoms with Crippen LogP contribution in [0.25, 0.3) is 11.1 Å². The van der Waals surface area contributed by atoms with Crippen LogP contribution in [0.15, 0.2) is 59.5 Å². The number of nitrogens with zero attached hydrogens (tertiary/aromatic N) is 1. The van der Waals surface area contributed by atoms with Gasteiger partial charge in [0.05, 0.1) is 4.90 Å². The Bertz CT molecular complexity index is 790. The van der Waals surface area contributed by atoms with Crippen molar-refractivity contribution in [3.05, 3.63) is 54.6 Å². The Labute approximate surface area is 138 Å². The van der Waals surface area contributed by atoms with Gasteiger partial charge in [-0.15, -0.1) is 0 Å². The normalized spacial score (nSPS) is 22.3. The van der Waals surface area contributed by atoms with Crippen molar-refractivity contribution in [2.24, 2.45) is 11.1 Å². The first-order valence-corrected chi connectivity index (χ1v) is 9.24. The molecule has 2 aromatic carbocycles. The second kappa shape index (κ2) is 6.07. The predicted octanol–water partition coefficient (Wildman–Crippen LogP) is 2.71. The number of benzene rings is 2. The van der Waals surface area contributed by atoms with Crippen molar-refractivity contribution in [3.8, 4) is 11.1 Å². The van der Waals surface area contributed by atoms with E-state index in [1.54, 1.807) is 22.5 Å². The first-order valence-electron chi connectivity index (χ1n) is 7.80. The molecule has 0 spiro atoms. The summed E-state index contributed by atoms with van der Waals surface area (Å²) in [6, 6.07) is 17.0. The van der Waals surface area contributed by atoms with Gasteiger partial charge in [0.25, 0.3) is 0 Å². The van der Waals surface area contributed by atoms with Crippen LogP contribution in [0.3, 0.4) is 0 Å². The van der Waals surface area contributed by atoms with Crippen molar-refractivity contribution < 1.29 is 8.42 Å². The lowest BCUT2D eigenvalue weighted by molar-refractivity contribution is 0.349. The highest BCUT2D eigenvalue weighted by atomic mass is 32.2. The molecule has 1 atom stereocenters. The van der Waals surface area contributed by atoms with Crippen LogP contribution < -0.4 is 5.73 Å². The molecule has 1 aliphatic rings. The van der Waals surface area contributed by atoms with Gasteiger partial charge >= 0.3 is 0 Å². The molecule has 2 N–H and O–H groups in total. The van der Waals surface area contributed by atoms with Gasteiger partial charge in [-0.2, -0.15) is 4.31 Å². The first-order chi connectivity index (χ1) is 10.9. The number of hydrogen-bond donors (Lipinski definition) is 1. The Balaban J connectivity index is 1.93. The van der Waals surface area contributed by atoms with Crippen LogP contribution in [-0.2, 0) is 10.0 Å². The van der Waals surface area contributed by atoms with Crippen molar-refractivity contribution >= 4 is 10.0 Å². The van der Waals surface area contributed by atoms with E-state index >= 15 is 0 Å². The van der Waals surface area contributed by atoms with Crippen LogP contribution in [0.2, 0.25) is 0 Å². The lowest BCUT2D eigenvalue weighted by atomic mass is 9.90. The van der Waals surface area contributed by atoms with Gasteiger partial charge in [-0.05, 0) is 41.6 Å². The van der Waals surface area contributed by atoms with Crippen molar-refractivity contribution in [2.45, 2.75) is 18.2 Å². The van der Waals surface area contributed by atoms with Gasteiger partial charge in [-0.25, -0.2) is 8.42 Å². The zero-order valence-corrected chi connectivity index (χ0v) is 14.1. The van der Waals surface area contributed by atoms with Crippen LogP contribution in [0.4, 0.5) is 0 Å². The van der Waals surface area contributed by atoms with E-state index in [9.17, 15) is 8.42 Å². The molecule has 0 aliphatic carbocycles. The lowest BCUT2D eigenvalue weighted by Gasteiger charge is -2.22. The summed E-state index contributed by atoms with van der Waals surface area (Å²) in [7, 11) is -3.47. The highest BCUT2D eigenvalue weighted by molar-refractivity contribution is 7.89. The summed E-state index contributed by atoms with van der Waals surface area (Å²) in [5, 5.41) is 0. The molecule has 5 heteroatoms. The Morgan fingerprint density at radius 3 is 2.43 bits per heavy atom. The molecule has 0 saturated carbocycles. The van der Waals surface area contributed by atoms with Gasteiger partial charge in [-0.1, -0.05) is 49.4 Å². The van der Waals surface area contributed by atoms with Crippen LogP contribution in [0.5, 0.6) is 0 Å². The lowest BCUT2D eigenvalue weighted by Crippen LogP contribution is -2.34. The largest absolute Gasteiger partial charge is 0.330 e. The van der Waals surface area contributed by atoms with E-state index in [1.807, 2.05) is 43.3 Å². The number of rotatable bonds is 4. The van der Waals surface area contributed by atoms with Crippen LogP contribution in [0.1, 0.15) is 13.3 Å². The molecule has 1 fully saturated rings. The van der Waals surface area contributed by atoms with Gasteiger partial charge in [0.2, 0.25) is 10.0 Å². The van der Waals surface area contributed by atoms with Gasteiger partial charge in [0.1, 0.15) is 0 Å². The van der Waals surface area contributed by atoms with Gasteiger partial charge in [0.15, 0.2) is 0 Å². The topological polar surface area (TPSA) is 63.4 Å². The second-order valence-electron chi connectivity index (χ2n) is 6.50. The minimum absolute atomic E-state index is 0.121. The molecule has 2 aromatic rings. The molecule has 3 rings (SSSR count). The van der Waals surface area contributed by atoms with E-state index in [-0.39, 0.29) is 5.41 Å². The molecule has 122 valence electrons. The van der Waals surface area contributed by atoms with Crippen LogP contribution in [-0.4, -0.2) is 32.4 Å². The SMILES string of the molecule is CC1(CN)CCN(S(=O)(=O)c2cccc(-c3ccccc3)c2)C1. The third kappa shape index (κ3) is 3.17. The maximum atomic E-state index is 12.9. The Kier molecular flexibility index (Phi) is 4.27. The van der Waals surface area contributed by atoms with Gasteiger partial charge in [-0.3, -0.25) is 0 Å². The van der Waals surface area contributed by atoms with Crippen LogP contribution in [0, 0.1) is 5.41 Å². The Morgan fingerprint density at radius 2 is 1.78 bits per heavy atom. The zero-order valence-electron chi connectivity index (χ0n) is 13.3. The summed E-state index contributed by atoms with van der Waals surface area (Å²) in [6.45, 7) is 3.57. The number of sulfonamides is 1. The molecule has 1 heterocycles. The van der Waals surface area contributed by atoms with E-state index < -0.39 is 10.0 Å². The Morgan fingerprint density at radius 1 is 1.09 bits per heavy atom. The smallest absolute Gasteiger partial charge is 0.243 e. The fourth-order valence-corrected chi connectivity index (χ4v) is 4.60. The molecule has 0 aromatic heterocycles. The molecule has 1 saturated heterocycles. The van der Waals surface area contributed by atoms with E-state index in [0.29, 0.717) is 24.5 Å². The van der Waals surface area contributed by atoms with Crippen molar-refractivity contribution in [2.75, 3.05) is 19.6 Å². The fraction of sp³-hybridized carbons (Fsp3) is 0.333. The van der Waals surface area contributed by atoms with Crippen molar-refractivity contribution in [1.82, 2.24) is 4.31 Å². The first kappa shape index (κ1) is 16.2. The molecular weight excluding hydrogens is 308 g/mol. The molecule has 4 nitrogen and oxygen atoms in total. The predicted molar refractivity (Wildman–Crippen MR) is 92.4 cm³/mol. The maximum absolute atomic E-state index is 12.9. The summed E-state index contributed by atoms with van der Waals surface area (Å²) in [5.41, 5.74) is 7.59. The molecule has 0 amide bonds. The van der Waals surface area contributed by atoms with E-state index in [2.05, 4.69) is 0 Å². The van der Waals surface area contributed by atoms with E-state index in [1.165, 1.54) is 0 Å². The molecule has 0 radical (unpaired) electrons. The summed E-state index contributed by atoms with van der Waals surface area (Å²) >= 11 is 0. The quantitative estimate of drug-likeness (QED) is 0.937. The highest BCUT2D eigenvalue weighted by Crippen LogP contribution is 2.33. The second-order valence-corrected chi connectivity index (χ2v) is 8.44. The van der Waals surface area contributed by atoms with Crippen molar-refractivity contribution in [1.29, 1.82) is 0 Å². The third-order valence-corrected chi connectivity index (χ3v) is 6.44. The molecule has 23 heavy (non-hydrogen) atoms. The highest BCUT2D eigenvalue weighted by Gasteiger charge is 2.38.